The summed E-state index contributed by atoms with van der Waals surface area (Å²) >= 11 is 0. The first-order valence-electron chi connectivity index (χ1n) is 9.02. The van der Waals surface area contributed by atoms with Crippen LogP contribution in [0.1, 0.15) is 18.0 Å². The van der Waals surface area contributed by atoms with E-state index in [0.717, 1.165) is 11.4 Å². The van der Waals surface area contributed by atoms with Gasteiger partial charge in [0.05, 0.1) is 12.6 Å². The number of amides is 2. The van der Waals surface area contributed by atoms with Gasteiger partial charge < -0.3 is 14.4 Å². The van der Waals surface area contributed by atoms with Crippen LogP contribution in [0.2, 0.25) is 0 Å². The maximum Gasteiger partial charge on any atom is 0.322 e. The van der Waals surface area contributed by atoms with Gasteiger partial charge in [-0.3, -0.25) is 5.32 Å². The van der Waals surface area contributed by atoms with Crippen molar-refractivity contribution in [3.8, 4) is 0 Å². The molecule has 0 fully saturated rings. The molecule has 3 rings (SSSR count). The number of carbonyl (C=O) groups is 1. The maximum atomic E-state index is 12.5. The number of nitrogens with one attached hydrogen (secondary N) is 1. The predicted molar refractivity (Wildman–Crippen MR) is 107 cm³/mol. The molecule has 8 nitrogen and oxygen atoms in total. The zero-order chi connectivity index (χ0) is 19.9. The lowest BCUT2D eigenvalue weighted by molar-refractivity contribution is -0.109. The summed E-state index contributed by atoms with van der Waals surface area (Å²) in [7, 11) is 4.76. The normalized spacial score (nSPS) is 16.2. The van der Waals surface area contributed by atoms with Gasteiger partial charge in [0, 0.05) is 33.9 Å². The molecule has 1 aliphatic rings. The van der Waals surface area contributed by atoms with E-state index < -0.39 is 6.29 Å². The third-order valence-corrected chi connectivity index (χ3v) is 4.53. The van der Waals surface area contributed by atoms with Crippen LogP contribution in [0.4, 0.5) is 10.6 Å². The number of urea groups is 1. The van der Waals surface area contributed by atoms with Gasteiger partial charge in [0.15, 0.2) is 6.29 Å². The molecule has 8 heteroatoms. The molecule has 148 valence electrons. The molecule has 0 spiro atoms. The number of amidine groups is 1. The molecule has 0 saturated carbocycles. The van der Waals surface area contributed by atoms with Crippen molar-refractivity contribution in [2.45, 2.75) is 18.8 Å². The third kappa shape index (κ3) is 4.65. The Morgan fingerprint density at radius 2 is 1.93 bits per heavy atom. The lowest BCUT2D eigenvalue weighted by Gasteiger charge is -2.22. The van der Waals surface area contributed by atoms with Crippen LogP contribution < -0.4 is 10.3 Å². The standard InChI is InChI=1S/C20H25N5O3/c1-24(14-19(27-2)28-3)20(26)22-17-13-16(15-9-5-4-6-10-15)25(23-17)18-11-7-8-12-21-18/h4-12,16,19H,13-14H2,1-3H3,(H,22,23,26). The van der Waals surface area contributed by atoms with Crippen molar-refractivity contribution in [1.29, 1.82) is 0 Å². The molecule has 2 heterocycles. The van der Waals surface area contributed by atoms with Crippen molar-refractivity contribution in [2.75, 3.05) is 32.8 Å². The first-order chi connectivity index (χ1) is 13.6. The molecule has 0 bridgehead atoms. The summed E-state index contributed by atoms with van der Waals surface area (Å²) in [5, 5.41) is 9.36. The molecule has 1 aromatic heterocycles. The molecule has 28 heavy (non-hydrogen) atoms. The smallest absolute Gasteiger partial charge is 0.322 e. The van der Waals surface area contributed by atoms with Gasteiger partial charge in [0.25, 0.3) is 0 Å². The van der Waals surface area contributed by atoms with Crippen LogP contribution in [0.15, 0.2) is 59.8 Å². The van der Waals surface area contributed by atoms with Crippen LogP contribution in [-0.2, 0) is 9.47 Å². The monoisotopic (exact) mass is 383 g/mol. The van der Waals surface area contributed by atoms with E-state index >= 15 is 0 Å². The first-order valence-corrected chi connectivity index (χ1v) is 9.02. The molecule has 0 saturated heterocycles. The molecule has 0 radical (unpaired) electrons. The van der Waals surface area contributed by atoms with E-state index in [4.69, 9.17) is 9.47 Å². The average Bonchev–Trinajstić information content (AvgIpc) is 3.16. The summed E-state index contributed by atoms with van der Waals surface area (Å²) in [6, 6.07) is 15.4. The van der Waals surface area contributed by atoms with Crippen LogP contribution >= 0.6 is 0 Å². The van der Waals surface area contributed by atoms with Gasteiger partial charge in [-0.2, -0.15) is 5.10 Å². The average molecular weight is 383 g/mol. The minimum absolute atomic E-state index is 0.0394. The highest BCUT2D eigenvalue weighted by atomic mass is 16.7. The minimum atomic E-state index is -0.483. The minimum Gasteiger partial charge on any atom is -0.354 e. The number of benzene rings is 1. The maximum absolute atomic E-state index is 12.5. The van der Waals surface area contributed by atoms with Gasteiger partial charge in [-0.25, -0.2) is 14.8 Å². The second-order valence-corrected chi connectivity index (χ2v) is 6.42. The van der Waals surface area contributed by atoms with Crippen LogP contribution in [-0.4, -0.2) is 55.9 Å². The Kier molecular flexibility index (Phi) is 6.57. The van der Waals surface area contributed by atoms with Crippen molar-refractivity contribution in [3.63, 3.8) is 0 Å². The van der Waals surface area contributed by atoms with Crippen LogP contribution in [0, 0.1) is 0 Å². The van der Waals surface area contributed by atoms with Gasteiger partial charge >= 0.3 is 6.03 Å². The highest BCUT2D eigenvalue weighted by Gasteiger charge is 2.31. The Hall–Kier alpha value is -2.97. The van der Waals surface area contributed by atoms with Crippen molar-refractivity contribution >= 4 is 17.7 Å². The van der Waals surface area contributed by atoms with E-state index in [0.29, 0.717) is 18.8 Å². The van der Waals surface area contributed by atoms with E-state index in [-0.39, 0.29) is 12.1 Å². The summed E-state index contributed by atoms with van der Waals surface area (Å²) in [4.78, 5) is 18.5. The predicted octanol–water partition coefficient (Wildman–Crippen LogP) is 2.61. The molecular formula is C20H25N5O3. The zero-order valence-corrected chi connectivity index (χ0v) is 16.3. The third-order valence-electron chi connectivity index (χ3n) is 4.53. The topological polar surface area (TPSA) is 79.3 Å². The number of pyridine rings is 1. The van der Waals surface area contributed by atoms with E-state index in [1.807, 2.05) is 41.4 Å². The molecule has 1 aromatic carbocycles. The quantitative estimate of drug-likeness (QED) is 0.776. The number of anilines is 1. The lowest BCUT2D eigenvalue weighted by Crippen LogP contribution is -2.44. The number of likely N-dealkylation sites (N-methyl/N-ethyl adjacent to an activating group) is 1. The SMILES string of the molecule is COC(CN(C)C(=O)NC1=NN(c2ccccn2)C(c2ccccc2)C1)OC. The van der Waals surface area contributed by atoms with E-state index in [2.05, 4.69) is 27.5 Å². The molecular weight excluding hydrogens is 358 g/mol. The van der Waals surface area contributed by atoms with Crippen LogP contribution in [0.25, 0.3) is 0 Å². The number of rotatable bonds is 6. The van der Waals surface area contributed by atoms with Crippen LogP contribution in [0.5, 0.6) is 0 Å². The molecule has 1 aliphatic heterocycles. The number of aromatic nitrogens is 1. The second kappa shape index (κ2) is 9.29. The van der Waals surface area contributed by atoms with Crippen molar-refractivity contribution < 1.29 is 14.3 Å². The molecule has 2 aromatic rings. The van der Waals surface area contributed by atoms with E-state index in [9.17, 15) is 4.79 Å². The second-order valence-electron chi connectivity index (χ2n) is 6.42. The Balaban J connectivity index is 1.75. The van der Waals surface area contributed by atoms with Crippen LogP contribution in [0.3, 0.4) is 0 Å². The fraction of sp³-hybridized carbons (Fsp3) is 0.350. The largest absolute Gasteiger partial charge is 0.354 e. The Morgan fingerprint density at radius 3 is 2.57 bits per heavy atom. The molecule has 1 unspecified atom stereocenters. The molecule has 1 N–H and O–H groups in total. The summed E-state index contributed by atoms with van der Waals surface area (Å²) in [6.45, 7) is 0.304. The molecule has 2 amide bonds. The Morgan fingerprint density at radius 1 is 1.21 bits per heavy atom. The zero-order valence-electron chi connectivity index (χ0n) is 16.3. The fourth-order valence-electron chi connectivity index (χ4n) is 2.99. The van der Waals surface area contributed by atoms with E-state index in [1.54, 1.807) is 13.2 Å². The lowest BCUT2D eigenvalue weighted by atomic mass is 10.0. The number of carbonyl (C=O) groups excluding carboxylic acids is 1. The summed E-state index contributed by atoms with van der Waals surface area (Å²) in [5.74, 6) is 1.32. The van der Waals surface area contributed by atoms with Gasteiger partial charge in [0.1, 0.15) is 11.7 Å². The fourth-order valence-corrected chi connectivity index (χ4v) is 2.99. The number of hydrazone groups is 1. The Bertz CT molecular complexity index is 796. The number of ether oxygens (including phenoxy) is 2. The summed E-state index contributed by atoms with van der Waals surface area (Å²) in [6.07, 6.45) is 1.81. The highest BCUT2D eigenvalue weighted by molar-refractivity contribution is 5.99. The van der Waals surface area contributed by atoms with Crippen molar-refractivity contribution in [2.24, 2.45) is 5.10 Å². The first kappa shape index (κ1) is 19.8. The van der Waals surface area contributed by atoms with Gasteiger partial charge in [-0.05, 0) is 17.7 Å². The highest BCUT2D eigenvalue weighted by Crippen LogP contribution is 2.33. The molecule has 0 aliphatic carbocycles. The summed E-state index contributed by atoms with van der Waals surface area (Å²) < 4.78 is 10.3. The number of nitrogens with zero attached hydrogens (tertiary/aromatic N) is 4. The number of methoxy groups -OCH3 is 2. The van der Waals surface area contributed by atoms with Crippen molar-refractivity contribution in [3.05, 3.63) is 60.3 Å². The molecule has 1 atom stereocenters. The van der Waals surface area contributed by atoms with Crippen molar-refractivity contribution in [1.82, 2.24) is 15.2 Å². The number of hydrogen-bond donors (Lipinski definition) is 1. The van der Waals surface area contributed by atoms with E-state index in [1.165, 1.54) is 19.1 Å². The number of hydrogen-bond acceptors (Lipinski definition) is 6. The van der Waals surface area contributed by atoms with Gasteiger partial charge in [-0.1, -0.05) is 36.4 Å². The van der Waals surface area contributed by atoms with Gasteiger partial charge in [0.2, 0.25) is 0 Å². The van der Waals surface area contributed by atoms with Gasteiger partial charge in [-0.15, -0.1) is 0 Å². The summed E-state index contributed by atoms with van der Waals surface area (Å²) in [5.41, 5.74) is 1.10. The Labute approximate surface area is 164 Å².